The smallest absolute Gasteiger partial charge is 0.269 e. The minimum Gasteiger partial charge on any atom is -0.493 e. The minimum absolute atomic E-state index is 0.0602. The quantitative estimate of drug-likeness (QED) is 0.542. The number of nitrogens with zero attached hydrogens (tertiary/aromatic N) is 3. The van der Waals surface area contributed by atoms with Gasteiger partial charge in [0.05, 0.1) is 26.3 Å². The molecule has 9 nitrogen and oxygen atoms in total. The van der Waals surface area contributed by atoms with Gasteiger partial charge >= 0.3 is 0 Å². The van der Waals surface area contributed by atoms with E-state index in [-0.39, 0.29) is 11.6 Å². The number of carbonyl (C=O) groups is 1. The Labute approximate surface area is 168 Å². The van der Waals surface area contributed by atoms with Crippen molar-refractivity contribution in [1.82, 2.24) is 4.90 Å². The number of non-ortho nitro benzene ring substituents is 1. The molecule has 3 rings (SSSR count). The predicted octanol–water partition coefficient (Wildman–Crippen LogP) is 2.58. The number of hydrogen-bond acceptors (Lipinski definition) is 7. The first-order valence-electron chi connectivity index (χ1n) is 9.07. The van der Waals surface area contributed by atoms with Crippen molar-refractivity contribution in [2.24, 2.45) is 0 Å². The lowest BCUT2D eigenvalue weighted by molar-refractivity contribution is -0.384. The van der Waals surface area contributed by atoms with Crippen LogP contribution in [0.3, 0.4) is 0 Å². The summed E-state index contributed by atoms with van der Waals surface area (Å²) in [5.41, 5.74) is 1.42. The van der Waals surface area contributed by atoms with Gasteiger partial charge in [0.15, 0.2) is 11.5 Å². The second-order valence-corrected chi connectivity index (χ2v) is 6.47. The molecule has 1 heterocycles. The second-order valence-electron chi connectivity index (χ2n) is 6.47. The highest BCUT2D eigenvalue weighted by Gasteiger charge is 2.25. The third-order valence-corrected chi connectivity index (χ3v) is 4.90. The molecule has 0 aromatic heterocycles. The minimum atomic E-state index is -0.419. The number of benzene rings is 2. The molecule has 29 heavy (non-hydrogen) atoms. The van der Waals surface area contributed by atoms with Crippen LogP contribution in [0.15, 0.2) is 36.4 Å². The SMILES string of the molecule is COc1cc(C(=O)N2CCN(c3ccc([N+](=O)[O-])cc3)CC2)cc(OC)c1OC. The van der Waals surface area contributed by atoms with Gasteiger partial charge in [0.25, 0.3) is 11.6 Å². The van der Waals surface area contributed by atoms with Gasteiger partial charge in [-0.15, -0.1) is 0 Å². The van der Waals surface area contributed by atoms with E-state index in [9.17, 15) is 14.9 Å². The predicted molar refractivity (Wildman–Crippen MR) is 107 cm³/mol. The molecular formula is C20H23N3O6. The molecule has 0 spiro atoms. The van der Waals surface area contributed by atoms with E-state index in [4.69, 9.17) is 14.2 Å². The molecule has 1 fully saturated rings. The lowest BCUT2D eigenvalue weighted by Crippen LogP contribution is -2.48. The van der Waals surface area contributed by atoms with E-state index in [1.807, 2.05) is 0 Å². The van der Waals surface area contributed by atoms with Gasteiger partial charge in [-0.2, -0.15) is 0 Å². The lowest BCUT2D eigenvalue weighted by atomic mass is 10.1. The molecule has 9 heteroatoms. The van der Waals surface area contributed by atoms with Crippen LogP contribution < -0.4 is 19.1 Å². The van der Waals surface area contributed by atoms with Crippen molar-refractivity contribution in [1.29, 1.82) is 0 Å². The summed E-state index contributed by atoms with van der Waals surface area (Å²) in [6.07, 6.45) is 0. The number of rotatable bonds is 6. The zero-order chi connectivity index (χ0) is 21.0. The lowest BCUT2D eigenvalue weighted by Gasteiger charge is -2.36. The largest absolute Gasteiger partial charge is 0.493 e. The fourth-order valence-corrected chi connectivity index (χ4v) is 3.34. The van der Waals surface area contributed by atoms with E-state index in [1.165, 1.54) is 33.5 Å². The number of methoxy groups -OCH3 is 3. The molecule has 0 radical (unpaired) electrons. The topological polar surface area (TPSA) is 94.4 Å². The number of nitro groups is 1. The van der Waals surface area contributed by atoms with Gasteiger partial charge in [-0.1, -0.05) is 0 Å². The van der Waals surface area contributed by atoms with Crippen molar-refractivity contribution in [3.8, 4) is 17.2 Å². The third kappa shape index (κ3) is 4.18. The van der Waals surface area contributed by atoms with Crippen molar-refractivity contribution >= 4 is 17.3 Å². The van der Waals surface area contributed by atoms with E-state index in [0.717, 1.165) is 5.69 Å². The highest BCUT2D eigenvalue weighted by atomic mass is 16.6. The molecule has 2 aromatic carbocycles. The van der Waals surface area contributed by atoms with Crippen LogP contribution >= 0.6 is 0 Å². The summed E-state index contributed by atoms with van der Waals surface area (Å²) < 4.78 is 16.0. The molecule has 154 valence electrons. The van der Waals surface area contributed by atoms with Crippen LogP contribution in [-0.4, -0.2) is 63.2 Å². The van der Waals surface area contributed by atoms with Crippen LogP contribution in [0.25, 0.3) is 0 Å². The number of anilines is 1. The molecule has 1 aliphatic rings. The monoisotopic (exact) mass is 401 g/mol. The Morgan fingerprint density at radius 1 is 0.931 bits per heavy atom. The Morgan fingerprint density at radius 3 is 1.93 bits per heavy atom. The van der Waals surface area contributed by atoms with Crippen LogP contribution in [0.5, 0.6) is 17.2 Å². The first-order chi connectivity index (χ1) is 14.0. The Morgan fingerprint density at radius 2 is 1.48 bits per heavy atom. The third-order valence-electron chi connectivity index (χ3n) is 4.90. The molecule has 1 amide bonds. The Bertz CT molecular complexity index is 867. The summed E-state index contributed by atoms with van der Waals surface area (Å²) in [4.78, 5) is 27.2. The average Bonchev–Trinajstić information content (AvgIpc) is 2.77. The summed E-state index contributed by atoms with van der Waals surface area (Å²) >= 11 is 0. The number of carbonyl (C=O) groups excluding carboxylic acids is 1. The van der Waals surface area contributed by atoms with Gasteiger partial charge in [-0.05, 0) is 24.3 Å². The number of amides is 1. The normalized spacial score (nSPS) is 13.8. The molecule has 0 unspecified atom stereocenters. The molecular weight excluding hydrogens is 378 g/mol. The maximum Gasteiger partial charge on any atom is 0.269 e. The molecule has 0 bridgehead atoms. The highest BCUT2D eigenvalue weighted by molar-refractivity contribution is 5.95. The second kappa shape index (κ2) is 8.68. The van der Waals surface area contributed by atoms with E-state index in [1.54, 1.807) is 29.2 Å². The van der Waals surface area contributed by atoms with E-state index in [0.29, 0.717) is 49.0 Å². The number of ether oxygens (including phenoxy) is 3. The van der Waals surface area contributed by atoms with E-state index in [2.05, 4.69) is 4.90 Å². The fraction of sp³-hybridized carbons (Fsp3) is 0.350. The van der Waals surface area contributed by atoms with Crippen molar-refractivity contribution in [3.63, 3.8) is 0 Å². The van der Waals surface area contributed by atoms with Gasteiger partial charge in [0, 0.05) is 49.6 Å². The zero-order valence-electron chi connectivity index (χ0n) is 16.6. The molecule has 0 atom stereocenters. The summed E-state index contributed by atoms with van der Waals surface area (Å²) in [7, 11) is 4.53. The maximum absolute atomic E-state index is 13.0. The van der Waals surface area contributed by atoms with Crippen molar-refractivity contribution in [2.45, 2.75) is 0 Å². The van der Waals surface area contributed by atoms with Crippen molar-refractivity contribution < 1.29 is 23.9 Å². The summed E-state index contributed by atoms with van der Waals surface area (Å²) in [5, 5.41) is 10.8. The Kier molecular flexibility index (Phi) is 6.06. The number of piperazine rings is 1. The average molecular weight is 401 g/mol. The van der Waals surface area contributed by atoms with E-state index < -0.39 is 4.92 Å². The van der Waals surface area contributed by atoms with Gasteiger partial charge in [0.1, 0.15) is 0 Å². The molecule has 0 saturated carbocycles. The van der Waals surface area contributed by atoms with Crippen molar-refractivity contribution in [3.05, 3.63) is 52.1 Å². The summed E-state index contributed by atoms with van der Waals surface area (Å²) in [5.74, 6) is 1.18. The Hall–Kier alpha value is -3.49. The van der Waals surface area contributed by atoms with Gasteiger partial charge in [-0.3, -0.25) is 14.9 Å². The Balaban J connectivity index is 1.70. The van der Waals surface area contributed by atoms with Crippen LogP contribution in [0.2, 0.25) is 0 Å². The zero-order valence-corrected chi connectivity index (χ0v) is 16.6. The molecule has 1 aliphatic heterocycles. The summed E-state index contributed by atoms with van der Waals surface area (Å²) in [6, 6.07) is 9.73. The molecule has 2 aromatic rings. The fourth-order valence-electron chi connectivity index (χ4n) is 3.34. The highest BCUT2D eigenvalue weighted by Crippen LogP contribution is 2.38. The molecule has 1 saturated heterocycles. The van der Waals surface area contributed by atoms with E-state index >= 15 is 0 Å². The van der Waals surface area contributed by atoms with Gasteiger partial charge in [-0.25, -0.2) is 0 Å². The first kappa shape index (κ1) is 20.2. The first-order valence-corrected chi connectivity index (χ1v) is 9.07. The van der Waals surface area contributed by atoms with Crippen LogP contribution in [0.4, 0.5) is 11.4 Å². The van der Waals surface area contributed by atoms with Crippen LogP contribution in [-0.2, 0) is 0 Å². The van der Waals surface area contributed by atoms with Crippen molar-refractivity contribution in [2.75, 3.05) is 52.4 Å². The van der Waals surface area contributed by atoms with Crippen LogP contribution in [0.1, 0.15) is 10.4 Å². The standard InChI is InChI=1S/C20H23N3O6/c1-27-17-12-14(13-18(28-2)19(17)29-3)20(24)22-10-8-21(9-11-22)15-4-6-16(7-5-15)23(25)26/h4-7,12-13H,8-11H2,1-3H3. The van der Waals surface area contributed by atoms with Crippen LogP contribution in [0, 0.1) is 10.1 Å². The number of nitro benzene ring substituents is 1. The number of hydrogen-bond donors (Lipinski definition) is 0. The molecule has 0 aliphatic carbocycles. The summed E-state index contributed by atoms with van der Waals surface area (Å²) in [6.45, 7) is 2.33. The van der Waals surface area contributed by atoms with Gasteiger partial charge in [0.2, 0.25) is 5.75 Å². The van der Waals surface area contributed by atoms with Gasteiger partial charge < -0.3 is 24.0 Å². The molecule has 0 N–H and O–H groups in total. The maximum atomic E-state index is 13.0.